The van der Waals surface area contributed by atoms with E-state index in [0.29, 0.717) is 29.0 Å². The smallest absolute Gasteiger partial charge is 0.240 e. The van der Waals surface area contributed by atoms with E-state index in [4.69, 9.17) is 4.74 Å². The highest BCUT2D eigenvalue weighted by atomic mass is 19.1. The van der Waals surface area contributed by atoms with Gasteiger partial charge in [-0.15, -0.1) is 0 Å². The predicted molar refractivity (Wildman–Crippen MR) is 79.3 cm³/mol. The van der Waals surface area contributed by atoms with Gasteiger partial charge < -0.3 is 9.84 Å². The lowest BCUT2D eigenvalue weighted by atomic mass is 9.92. The van der Waals surface area contributed by atoms with Crippen molar-refractivity contribution in [3.05, 3.63) is 29.1 Å². The minimum absolute atomic E-state index is 0.137. The third kappa shape index (κ3) is 2.83. The molecule has 0 aromatic heterocycles. The van der Waals surface area contributed by atoms with Crippen molar-refractivity contribution in [3.63, 3.8) is 0 Å². The predicted octanol–water partition coefficient (Wildman–Crippen LogP) is 1.90. The molecule has 2 N–H and O–H groups in total. The number of carbonyl (C=O) groups is 1. The zero-order valence-electron chi connectivity index (χ0n) is 12.6. The first-order valence-corrected chi connectivity index (χ1v) is 7.41. The zero-order valence-corrected chi connectivity index (χ0v) is 12.6. The van der Waals surface area contributed by atoms with Gasteiger partial charge in [-0.2, -0.15) is 5.10 Å². The Morgan fingerprint density at radius 3 is 2.86 bits per heavy atom. The number of nitrogens with one attached hydrogen (secondary N) is 1. The topological polar surface area (TPSA) is 70.9 Å². The van der Waals surface area contributed by atoms with Crippen molar-refractivity contribution in [2.24, 2.45) is 11.0 Å². The Bertz CT molecular complexity index is 653. The largest absolute Gasteiger partial charge is 0.490 e. The Balaban J connectivity index is 1.84. The second-order valence-corrected chi connectivity index (χ2v) is 6.20. The van der Waals surface area contributed by atoms with Gasteiger partial charge in [-0.05, 0) is 31.9 Å². The molecule has 1 saturated carbocycles. The molecule has 1 heterocycles. The van der Waals surface area contributed by atoms with Gasteiger partial charge in [-0.1, -0.05) is 6.92 Å². The molecule has 5 nitrogen and oxygen atoms in total. The summed E-state index contributed by atoms with van der Waals surface area (Å²) in [7, 11) is 0. The molecule has 1 aromatic rings. The highest BCUT2D eigenvalue weighted by Crippen LogP contribution is 2.36. The molecular formula is C16H19FN2O3. The fourth-order valence-electron chi connectivity index (χ4n) is 2.50. The molecule has 3 rings (SSSR count). The van der Waals surface area contributed by atoms with Crippen molar-refractivity contribution < 1.29 is 19.0 Å². The van der Waals surface area contributed by atoms with E-state index in [2.05, 4.69) is 10.5 Å². The van der Waals surface area contributed by atoms with Crippen LogP contribution in [0.25, 0.3) is 0 Å². The Kier molecular flexibility index (Phi) is 3.64. The van der Waals surface area contributed by atoms with Crippen LogP contribution < -0.4 is 10.2 Å². The maximum atomic E-state index is 14.6. The maximum Gasteiger partial charge on any atom is 0.240 e. The number of benzene rings is 1. The number of hydrazone groups is 1. The van der Waals surface area contributed by atoms with Gasteiger partial charge in [0.05, 0.1) is 11.3 Å². The van der Waals surface area contributed by atoms with Crippen molar-refractivity contribution in [3.8, 4) is 5.75 Å². The van der Waals surface area contributed by atoms with E-state index in [9.17, 15) is 14.3 Å². The summed E-state index contributed by atoms with van der Waals surface area (Å²) in [5.41, 5.74) is 2.95. The molecular weight excluding hydrogens is 287 g/mol. The zero-order chi connectivity index (χ0) is 15.9. The van der Waals surface area contributed by atoms with Crippen molar-refractivity contribution >= 4 is 11.6 Å². The van der Waals surface area contributed by atoms with Gasteiger partial charge in [0.15, 0.2) is 0 Å². The molecule has 1 aliphatic carbocycles. The summed E-state index contributed by atoms with van der Waals surface area (Å²) in [5.74, 6) is -0.274. The molecule has 0 radical (unpaired) electrons. The van der Waals surface area contributed by atoms with Crippen LogP contribution in [0.2, 0.25) is 0 Å². The average molecular weight is 306 g/mol. The van der Waals surface area contributed by atoms with Crippen LogP contribution >= 0.6 is 0 Å². The monoisotopic (exact) mass is 306 g/mol. The molecule has 1 amide bonds. The van der Waals surface area contributed by atoms with Crippen LogP contribution in [0.4, 0.5) is 4.39 Å². The van der Waals surface area contributed by atoms with Crippen molar-refractivity contribution in [2.45, 2.75) is 38.7 Å². The number of ether oxygens (including phenoxy) is 1. The number of carbonyl (C=O) groups excluding carboxylic acids is 1. The first-order chi connectivity index (χ1) is 10.4. The summed E-state index contributed by atoms with van der Waals surface area (Å²) in [5, 5.41) is 13.8. The molecule has 0 bridgehead atoms. The van der Waals surface area contributed by atoms with Gasteiger partial charge in [-0.25, -0.2) is 9.82 Å². The Labute approximate surface area is 128 Å². The average Bonchev–Trinajstić information content (AvgIpc) is 3.20. The van der Waals surface area contributed by atoms with Gasteiger partial charge in [-0.3, -0.25) is 4.79 Å². The van der Waals surface area contributed by atoms with Crippen LogP contribution in [-0.2, 0) is 4.79 Å². The normalized spacial score (nSPS) is 22.8. The van der Waals surface area contributed by atoms with Crippen molar-refractivity contribution in [1.82, 2.24) is 5.43 Å². The van der Waals surface area contributed by atoms with Crippen LogP contribution in [0.15, 0.2) is 17.2 Å². The summed E-state index contributed by atoms with van der Waals surface area (Å²) in [6, 6.07) is 3.30. The number of amides is 1. The van der Waals surface area contributed by atoms with E-state index in [1.165, 1.54) is 0 Å². The molecule has 0 saturated heterocycles. The van der Waals surface area contributed by atoms with Crippen molar-refractivity contribution in [1.29, 1.82) is 0 Å². The van der Waals surface area contributed by atoms with Gasteiger partial charge in [0.1, 0.15) is 18.2 Å². The Hall–Kier alpha value is -1.95. The standard InChI is InChI=1S/C16H19FN2O3/c1-9-7-13(20)18-19-15(9)11-3-4-12(10(2)14(11)17)22-8-16(21)5-6-16/h3-4,9,21H,5-8H2,1-2H3,(H,18,20). The molecule has 1 aliphatic heterocycles. The highest BCUT2D eigenvalue weighted by Gasteiger charge is 2.41. The summed E-state index contributed by atoms with van der Waals surface area (Å²) in [6.45, 7) is 3.66. The van der Waals surface area contributed by atoms with Gasteiger partial charge in [0.2, 0.25) is 5.91 Å². The first-order valence-electron chi connectivity index (χ1n) is 7.41. The highest BCUT2D eigenvalue weighted by molar-refractivity contribution is 6.06. The minimum atomic E-state index is -0.742. The lowest BCUT2D eigenvalue weighted by Gasteiger charge is -2.21. The number of nitrogens with zero attached hydrogens (tertiary/aromatic N) is 1. The SMILES string of the molecule is Cc1c(OCC2(O)CC2)ccc(C2=NNC(=O)CC2C)c1F. The van der Waals surface area contributed by atoms with Gasteiger partial charge in [0.25, 0.3) is 0 Å². The number of hydrogen-bond donors (Lipinski definition) is 2. The van der Waals surface area contributed by atoms with Gasteiger partial charge in [0, 0.05) is 23.5 Å². The summed E-state index contributed by atoms with van der Waals surface area (Å²) < 4.78 is 20.1. The molecule has 0 spiro atoms. The second-order valence-electron chi connectivity index (χ2n) is 6.20. The van der Waals surface area contributed by atoms with Crippen LogP contribution in [-0.4, -0.2) is 28.9 Å². The van der Waals surface area contributed by atoms with Gasteiger partial charge >= 0.3 is 0 Å². The summed E-state index contributed by atoms with van der Waals surface area (Å²) >= 11 is 0. The van der Waals surface area contributed by atoms with E-state index in [0.717, 1.165) is 12.8 Å². The molecule has 118 valence electrons. The number of halogens is 1. The minimum Gasteiger partial charge on any atom is -0.490 e. The number of rotatable bonds is 4. The Morgan fingerprint density at radius 1 is 1.50 bits per heavy atom. The third-order valence-corrected chi connectivity index (χ3v) is 4.20. The quantitative estimate of drug-likeness (QED) is 0.892. The van der Waals surface area contributed by atoms with E-state index < -0.39 is 11.4 Å². The summed E-state index contributed by atoms with van der Waals surface area (Å²) in [4.78, 5) is 11.3. The van der Waals surface area contributed by atoms with E-state index >= 15 is 0 Å². The fourth-order valence-corrected chi connectivity index (χ4v) is 2.50. The van der Waals surface area contributed by atoms with Crippen LogP contribution in [0.3, 0.4) is 0 Å². The second kappa shape index (κ2) is 5.35. The van der Waals surface area contributed by atoms with Crippen LogP contribution in [0, 0.1) is 18.7 Å². The summed E-state index contributed by atoms with van der Waals surface area (Å²) in [6.07, 6.45) is 1.74. The van der Waals surface area contributed by atoms with E-state index in [1.54, 1.807) is 19.1 Å². The number of hydrogen-bond acceptors (Lipinski definition) is 4. The van der Waals surface area contributed by atoms with E-state index in [1.807, 2.05) is 6.92 Å². The lowest BCUT2D eigenvalue weighted by Crippen LogP contribution is -2.32. The van der Waals surface area contributed by atoms with Crippen LogP contribution in [0.1, 0.15) is 37.3 Å². The maximum absolute atomic E-state index is 14.6. The molecule has 2 aliphatic rings. The molecule has 22 heavy (non-hydrogen) atoms. The fraction of sp³-hybridized carbons (Fsp3) is 0.500. The molecule has 1 unspecified atom stereocenters. The van der Waals surface area contributed by atoms with Crippen molar-refractivity contribution in [2.75, 3.05) is 6.61 Å². The molecule has 1 fully saturated rings. The Morgan fingerprint density at radius 2 is 2.23 bits per heavy atom. The first kappa shape index (κ1) is 15.0. The third-order valence-electron chi connectivity index (χ3n) is 4.20. The van der Waals surface area contributed by atoms with E-state index in [-0.39, 0.29) is 18.4 Å². The molecule has 1 aromatic carbocycles. The lowest BCUT2D eigenvalue weighted by molar-refractivity contribution is -0.121. The van der Waals surface area contributed by atoms with Crippen LogP contribution in [0.5, 0.6) is 5.75 Å². The number of aliphatic hydroxyl groups is 1. The molecule has 6 heteroatoms. The molecule has 1 atom stereocenters.